The molecule has 0 aromatic heterocycles. The Labute approximate surface area is 166 Å². The Bertz CT molecular complexity index is 667. The summed E-state index contributed by atoms with van der Waals surface area (Å²) in [5.74, 6) is 0.235. The number of hydrogen-bond donors (Lipinski definition) is 0. The van der Waals surface area contributed by atoms with Gasteiger partial charge in [0.15, 0.2) is 0 Å². The highest BCUT2D eigenvalue weighted by Crippen LogP contribution is 2.76. The number of rotatable bonds is 1. The van der Waals surface area contributed by atoms with Crippen LogP contribution in [0, 0.1) is 34.0 Å². The predicted molar refractivity (Wildman–Crippen MR) is 101 cm³/mol. The van der Waals surface area contributed by atoms with Crippen LogP contribution in [0.1, 0.15) is 71.6 Å². The van der Waals surface area contributed by atoms with E-state index in [1.54, 1.807) is 0 Å². The molecule has 0 radical (unpaired) electrons. The molecule has 5 heteroatoms. The second-order valence-corrected chi connectivity index (χ2v) is 10.6. The summed E-state index contributed by atoms with van der Waals surface area (Å²) >= 11 is 0. The molecule has 0 spiro atoms. The highest BCUT2D eigenvalue weighted by molar-refractivity contribution is 5.29. The lowest BCUT2D eigenvalue weighted by atomic mass is 9.39. The topological polar surface area (TPSA) is 18.5 Å². The van der Waals surface area contributed by atoms with Crippen molar-refractivity contribution in [2.75, 3.05) is 13.4 Å². The minimum atomic E-state index is -4.14. The summed E-state index contributed by atoms with van der Waals surface area (Å²) in [4.78, 5) is 0. The van der Waals surface area contributed by atoms with Gasteiger partial charge in [0.2, 0.25) is 0 Å². The number of ether oxygens (including phenoxy) is 2. The fraction of sp³-hybridized carbons (Fsp3) is 0.913. The minimum absolute atomic E-state index is 0.0516. The van der Waals surface area contributed by atoms with Crippen molar-refractivity contribution < 1.29 is 22.6 Å². The van der Waals surface area contributed by atoms with Gasteiger partial charge in [-0.3, -0.25) is 0 Å². The molecule has 1 unspecified atom stereocenters. The van der Waals surface area contributed by atoms with Crippen LogP contribution in [-0.2, 0) is 9.47 Å². The molecule has 0 aromatic rings. The maximum Gasteiger partial charge on any atom is 0.395 e. The molecular weight excluding hydrogens is 365 g/mol. The molecule has 4 aliphatic carbocycles. The molecular formula is C23H33F3O2. The van der Waals surface area contributed by atoms with Crippen LogP contribution in [0.5, 0.6) is 0 Å². The summed E-state index contributed by atoms with van der Waals surface area (Å²) in [6, 6.07) is 0. The lowest BCUT2D eigenvalue weighted by Crippen LogP contribution is -2.64. The van der Waals surface area contributed by atoms with Crippen molar-refractivity contribution in [1.29, 1.82) is 0 Å². The monoisotopic (exact) mass is 398 g/mol. The van der Waals surface area contributed by atoms with Crippen molar-refractivity contribution in [3.63, 3.8) is 0 Å². The molecule has 1 heterocycles. The zero-order chi connectivity index (χ0) is 19.8. The zero-order valence-electron chi connectivity index (χ0n) is 17.1. The van der Waals surface area contributed by atoms with E-state index in [1.807, 2.05) is 6.92 Å². The van der Waals surface area contributed by atoms with Gasteiger partial charge in [-0.1, -0.05) is 25.5 Å². The average molecular weight is 399 g/mol. The smallest absolute Gasteiger partial charge is 0.353 e. The Balaban J connectivity index is 1.57. The van der Waals surface area contributed by atoms with Crippen molar-refractivity contribution in [2.45, 2.75) is 83.9 Å². The fourth-order valence-corrected chi connectivity index (χ4v) is 8.62. The quantitative estimate of drug-likeness (QED) is 0.485. The van der Waals surface area contributed by atoms with Gasteiger partial charge in [0.1, 0.15) is 6.79 Å². The standard InChI is InChI=1S/C23H33F3O2/c1-20-11-12-22(23(24,25)26)17(7-6-15-5-3-4-10-21(15,22)2)16(20)8-9-18(20)19-13-27-14-28-19/h5,16-19H,3-4,6-14H2,1-2H3/t16-,17-,18+,19?,20-,21-,22+/m0/s1. The van der Waals surface area contributed by atoms with E-state index in [1.165, 1.54) is 0 Å². The normalized spacial score (nSPS) is 51.2. The number of halogens is 3. The van der Waals surface area contributed by atoms with Crippen molar-refractivity contribution in [3.8, 4) is 0 Å². The SMILES string of the molecule is C[C@]12CC[C@@]3(C(F)(F)F)[C@@H](CCC4=CCCC[C@@]43C)[C@@H]1CC[C@@H]2C1COCO1. The van der Waals surface area contributed by atoms with Crippen LogP contribution in [0.25, 0.3) is 0 Å². The summed E-state index contributed by atoms with van der Waals surface area (Å²) in [5, 5.41) is 0. The molecule has 0 N–H and O–H groups in total. The third kappa shape index (κ3) is 2.29. The van der Waals surface area contributed by atoms with Gasteiger partial charge in [0.25, 0.3) is 0 Å². The molecule has 0 bridgehead atoms. The summed E-state index contributed by atoms with van der Waals surface area (Å²) in [7, 11) is 0. The van der Waals surface area contributed by atoms with Crippen molar-refractivity contribution >= 4 is 0 Å². The summed E-state index contributed by atoms with van der Waals surface area (Å²) < 4.78 is 56.3. The van der Waals surface area contributed by atoms with Crippen molar-refractivity contribution in [3.05, 3.63) is 11.6 Å². The largest absolute Gasteiger partial charge is 0.395 e. The molecule has 158 valence electrons. The molecule has 2 nitrogen and oxygen atoms in total. The second kappa shape index (κ2) is 6.23. The molecule has 0 aromatic carbocycles. The van der Waals surface area contributed by atoms with Gasteiger partial charge in [-0.05, 0) is 81.0 Å². The van der Waals surface area contributed by atoms with E-state index in [0.29, 0.717) is 38.6 Å². The molecule has 0 amide bonds. The number of alkyl halides is 3. The lowest BCUT2D eigenvalue weighted by molar-refractivity contribution is -0.315. The van der Waals surface area contributed by atoms with Gasteiger partial charge in [-0.25, -0.2) is 0 Å². The van der Waals surface area contributed by atoms with Gasteiger partial charge in [0, 0.05) is 5.41 Å². The first kappa shape index (κ1) is 19.4. The highest BCUT2D eigenvalue weighted by atomic mass is 19.4. The Morgan fingerprint density at radius 2 is 1.79 bits per heavy atom. The third-order valence-corrected chi connectivity index (χ3v) is 9.95. The van der Waals surface area contributed by atoms with Gasteiger partial charge >= 0.3 is 6.18 Å². The molecule has 7 atom stereocenters. The first-order valence-electron chi connectivity index (χ1n) is 11.2. The lowest BCUT2D eigenvalue weighted by Gasteiger charge is -2.65. The van der Waals surface area contributed by atoms with Crippen LogP contribution in [-0.4, -0.2) is 25.7 Å². The van der Waals surface area contributed by atoms with Crippen LogP contribution in [0.15, 0.2) is 11.6 Å². The van der Waals surface area contributed by atoms with E-state index >= 15 is 0 Å². The van der Waals surface area contributed by atoms with E-state index in [4.69, 9.17) is 9.47 Å². The first-order valence-corrected chi connectivity index (χ1v) is 11.2. The van der Waals surface area contributed by atoms with Crippen molar-refractivity contribution in [2.24, 2.45) is 34.0 Å². The average Bonchev–Trinajstić information content (AvgIpc) is 3.26. The van der Waals surface area contributed by atoms with Crippen LogP contribution in [0.4, 0.5) is 13.2 Å². The summed E-state index contributed by atoms with van der Waals surface area (Å²) in [5.41, 5.74) is -1.20. The zero-order valence-corrected chi connectivity index (χ0v) is 17.1. The second-order valence-electron chi connectivity index (χ2n) is 10.6. The Morgan fingerprint density at radius 3 is 2.50 bits per heavy atom. The summed E-state index contributed by atoms with van der Waals surface area (Å²) in [6.07, 6.45) is 5.03. The van der Waals surface area contributed by atoms with Crippen molar-refractivity contribution in [1.82, 2.24) is 0 Å². The van der Waals surface area contributed by atoms with Crippen LogP contribution in [0.2, 0.25) is 0 Å². The molecule has 1 saturated heterocycles. The van der Waals surface area contributed by atoms with Crippen LogP contribution in [0.3, 0.4) is 0 Å². The van der Waals surface area contributed by atoms with Gasteiger partial charge < -0.3 is 9.47 Å². The van der Waals surface area contributed by atoms with Gasteiger partial charge in [0.05, 0.1) is 18.1 Å². The van der Waals surface area contributed by atoms with E-state index in [9.17, 15) is 13.2 Å². The third-order valence-electron chi connectivity index (χ3n) is 9.95. The Kier molecular flexibility index (Phi) is 4.32. The molecule has 5 rings (SSSR count). The molecule has 28 heavy (non-hydrogen) atoms. The Morgan fingerprint density at radius 1 is 1.00 bits per heavy atom. The van der Waals surface area contributed by atoms with E-state index in [0.717, 1.165) is 37.7 Å². The highest BCUT2D eigenvalue weighted by Gasteiger charge is 2.75. The van der Waals surface area contributed by atoms with E-state index < -0.39 is 17.0 Å². The minimum Gasteiger partial charge on any atom is -0.353 e. The van der Waals surface area contributed by atoms with Gasteiger partial charge in [-0.15, -0.1) is 0 Å². The van der Waals surface area contributed by atoms with E-state index in [-0.39, 0.29) is 29.8 Å². The fourth-order valence-electron chi connectivity index (χ4n) is 8.62. The molecule has 4 fully saturated rings. The maximum atomic E-state index is 15.0. The number of fused-ring (bicyclic) bond motifs is 5. The number of allylic oxidation sites excluding steroid dienone is 2. The summed E-state index contributed by atoms with van der Waals surface area (Å²) in [6.45, 7) is 5.17. The van der Waals surface area contributed by atoms with Crippen LogP contribution < -0.4 is 0 Å². The first-order chi connectivity index (χ1) is 13.2. The van der Waals surface area contributed by atoms with Crippen LogP contribution >= 0.6 is 0 Å². The van der Waals surface area contributed by atoms with E-state index in [2.05, 4.69) is 13.0 Å². The van der Waals surface area contributed by atoms with Gasteiger partial charge in [-0.2, -0.15) is 13.2 Å². The molecule has 3 saturated carbocycles. The molecule has 1 aliphatic heterocycles. The predicted octanol–water partition coefficient (Wildman–Crippen LogP) is 6.26. The Hall–Kier alpha value is -0.550. The maximum absolute atomic E-state index is 15.0. The molecule has 5 aliphatic rings. The number of hydrogen-bond acceptors (Lipinski definition) is 2.